The largest absolute Gasteiger partial charge is 0.480 e. The summed E-state index contributed by atoms with van der Waals surface area (Å²) in [6, 6.07) is 4.75. The van der Waals surface area contributed by atoms with E-state index in [1.54, 1.807) is 6.07 Å². The van der Waals surface area contributed by atoms with Crippen molar-refractivity contribution in [2.24, 2.45) is 0 Å². The van der Waals surface area contributed by atoms with Crippen molar-refractivity contribution in [3.8, 4) is 0 Å². The van der Waals surface area contributed by atoms with Gasteiger partial charge in [0.15, 0.2) is 0 Å². The van der Waals surface area contributed by atoms with Crippen molar-refractivity contribution in [1.82, 2.24) is 5.32 Å². The maximum absolute atomic E-state index is 12.9. The minimum absolute atomic E-state index is 0.234. The van der Waals surface area contributed by atoms with Crippen molar-refractivity contribution in [2.75, 3.05) is 5.75 Å². The third kappa shape index (κ3) is 5.56. The Bertz CT molecular complexity index is 491. The molecular weight excluding hydrogens is 269 g/mol. The summed E-state index contributed by atoms with van der Waals surface area (Å²) in [5.74, 6) is -1.70. The SMILES string of the molecule is O=C(/C=C/c1cccc(F)c1)NC(CCS)C(=O)O. The predicted octanol–water partition coefficient (Wildman–Crippen LogP) is 1.73. The lowest BCUT2D eigenvalue weighted by Crippen LogP contribution is -2.40. The highest BCUT2D eigenvalue weighted by molar-refractivity contribution is 7.80. The summed E-state index contributed by atoms with van der Waals surface area (Å²) < 4.78 is 12.9. The fraction of sp³-hybridized carbons (Fsp3) is 0.231. The Kier molecular flexibility index (Phi) is 6.08. The monoisotopic (exact) mass is 283 g/mol. The third-order valence-electron chi connectivity index (χ3n) is 2.31. The van der Waals surface area contributed by atoms with Crippen LogP contribution in [0.5, 0.6) is 0 Å². The van der Waals surface area contributed by atoms with Gasteiger partial charge in [0.2, 0.25) is 5.91 Å². The van der Waals surface area contributed by atoms with E-state index in [0.29, 0.717) is 11.3 Å². The summed E-state index contributed by atoms with van der Waals surface area (Å²) in [6.07, 6.45) is 2.82. The van der Waals surface area contributed by atoms with E-state index in [9.17, 15) is 14.0 Å². The highest BCUT2D eigenvalue weighted by Crippen LogP contribution is 2.05. The first kappa shape index (κ1) is 15.2. The van der Waals surface area contributed by atoms with Gasteiger partial charge in [-0.05, 0) is 35.9 Å². The van der Waals surface area contributed by atoms with Gasteiger partial charge in [-0.1, -0.05) is 12.1 Å². The number of benzene rings is 1. The lowest BCUT2D eigenvalue weighted by molar-refractivity contribution is -0.141. The zero-order valence-corrected chi connectivity index (χ0v) is 10.9. The summed E-state index contributed by atoms with van der Waals surface area (Å²) in [6.45, 7) is 0. The smallest absolute Gasteiger partial charge is 0.326 e. The van der Waals surface area contributed by atoms with Crippen LogP contribution in [0.25, 0.3) is 6.08 Å². The van der Waals surface area contributed by atoms with Crippen LogP contribution < -0.4 is 5.32 Å². The molecule has 0 aliphatic heterocycles. The molecule has 0 bridgehead atoms. The summed E-state index contributed by atoms with van der Waals surface area (Å²) >= 11 is 3.92. The van der Waals surface area contributed by atoms with E-state index >= 15 is 0 Å². The summed E-state index contributed by atoms with van der Waals surface area (Å²) in [4.78, 5) is 22.3. The van der Waals surface area contributed by atoms with Crippen LogP contribution in [-0.4, -0.2) is 28.8 Å². The standard InChI is InChI=1S/C13H14FNO3S/c14-10-3-1-2-9(8-10)4-5-12(16)15-11(6-7-19)13(17)18/h1-5,8,11,19H,6-7H2,(H,15,16)(H,17,18)/b5-4+. The van der Waals surface area contributed by atoms with Crippen LogP contribution in [0.1, 0.15) is 12.0 Å². The fourth-order valence-corrected chi connectivity index (χ4v) is 1.65. The van der Waals surface area contributed by atoms with Gasteiger partial charge in [-0.3, -0.25) is 4.79 Å². The van der Waals surface area contributed by atoms with Gasteiger partial charge in [0.25, 0.3) is 0 Å². The predicted molar refractivity (Wildman–Crippen MR) is 73.5 cm³/mol. The van der Waals surface area contributed by atoms with Crippen molar-refractivity contribution in [1.29, 1.82) is 0 Å². The van der Waals surface area contributed by atoms with Crippen molar-refractivity contribution >= 4 is 30.6 Å². The number of hydrogen-bond donors (Lipinski definition) is 3. The average molecular weight is 283 g/mol. The van der Waals surface area contributed by atoms with Crippen molar-refractivity contribution in [3.05, 3.63) is 41.7 Å². The summed E-state index contributed by atoms with van der Waals surface area (Å²) in [7, 11) is 0. The Labute approximate surface area is 115 Å². The van der Waals surface area contributed by atoms with E-state index in [1.807, 2.05) is 0 Å². The molecule has 4 nitrogen and oxygen atoms in total. The number of carbonyl (C=O) groups excluding carboxylic acids is 1. The summed E-state index contributed by atoms with van der Waals surface area (Å²) in [5.41, 5.74) is 0.524. The van der Waals surface area contributed by atoms with Crippen molar-refractivity contribution in [2.45, 2.75) is 12.5 Å². The maximum Gasteiger partial charge on any atom is 0.326 e. The molecule has 0 radical (unpaired) electrons. The third-order valence-corrected chi connectivity index (χ3v) is 2.57. The second-order valence-corrected chi connectivity index (χ2v) is 4.25. The molecular formula is C13H14FNO3S. The first-order chi connectivity index (χ1) is 9.02. The zero-order valence-electron chi connectivity index (χ0n) is 10.0. The Morgan fingerprint density at radius 2 is 2.21 bits per heavy atom. The van der Waals surface area contributed by atoms with Gasteiger partial charge in [-0.25, -0.2) is 9.18 Å². The second-order valence-electron chi connectivity index (χ2n) is 3.80. The number of rotatable bonds is 6. The van der Waals surface area contributed by atoms with Crippen LogP contribution in [0.15, 0.2) is 30.3 Å². The van der Waals surface area contributed by atoms with Gasteiger partial charge in [-0.15, -0.1) is 0 Å². The normalized spacial score (nSPS) is 12.3. The van der Waals surface area contributed by atoms with E-state index < -0.39 is 23.7 Å². The quantitative estimate of drug-likeness (QED) is 0.550. The van der Waals surface area contributed by atoms with E-state index in [1.165, 1.54) is 30.4 Å². The Morgan fingerprint density at radius 1 is 1.47 bits per heavy atom. The maximum atomic E-state index is 12.9. The van der Waals surface area contributed by atoms with Crippen LogP contribution >= 0.6 is 12.6 Å². The highest BCUT2D eigenvalue weighted by atomic mass is 32.1. The number of carbonyl (C=O) groups is 2. The second kappa shape index (κ2) is 7.58. The number of carboxylic acid groups (broad SMARTS) is 1. The molecule has 0 aromatic heterocycles. The van der Waals surface area contributed by atoms with E-state index in [4.69, 9.17) is 5.11 Å². The Balaban J connectivity index is 2.61. The molecule has 1 atom stereocenters. The molecule has 19 heavy (non-hydrogen) atoms. The van der Waals surface area contributed by atoms with E-state index in [0.717, 1.165) is 0 Å². The number of halogens is 1. The van der Waals surface area contributed by atoms with Gasteiger partial charge in [0.1, 0.15) is 11.9 Å². The van der Waals surface area contributed by atoms with Gasteiger partial charge in [0.05, 0.1) is 0 Å². The molecule has 1 unspecified atom stereocenters. The molecule has 1 aromatic carbocycles. The van der Waals surface area contributed by atoms with E-state index in [-0.39, 0.29) is 6.42 Å². The molecule has 0 aliphatic carbocycles. The van der Waals surface area contributed by atoms with Gasteiger partial charge in [0, 0.05) is 6.08 Å². The molecule has 0 heterocycles. The van der Waals surface area contributed by atoms with Crippen LogP contribution in [0.4, 0.5) is 4.39 Å². The van der Waals surface area contributed by atoms with Crippen LogP contribution in [0.2, 0.25) is 0 Å². The number of aliphatic carboxylic acids is 1. The molecule has 0 saturated carbocycles. The van der Waals surface area contributed by atoms with Gasteiger partial charge >= 0.3 is 5.97 Å². The first-order valence-electron chi connectivity index (χ1n) is 5.60. The fourth-order valence-electron chi connectivity index (χ4n) is 1.39. The number of amides is 1. The molecule has 102 valence electrons. The lowest BCUT2D eigenvalue weighted by Gasteiger charge is -2.11. The average Bonchev–Trinajstić information content (AvgIpc) is 2.36. The molecule has 0 spiro atoms. The molecule has 1 rings (SSSR count). The molecule has 6 heteroatoms. The number of hydrogen-bond acceptors (Lipinski definition) is 3. The number of nitrogens with one attached hydrogen (secondary N) is 1. The number of thiol groups is 1. The van der Waals surface area contributed by atoms with Crippen LogP contribution in [0.3, 0.4) is 0 Å². The Hall–Kier alpha value is -1.82. The lowest BCUT2D eigenvalue weighted by atomic mass is 10.2. The molecule has 2 N–H and O–H groups in total. The molecule has 0 saturated heterocycles. The van der Waals surface area contributed by atoms with Crippen molar-refractivity contribution in [3.63, 3.8) is 0 Å². The molecule has 0 aliphatic rings. The highest BCUT2D eigenvalue weighted by Gasteiger charge is 2.17. The topological polar surface area (TPSA) is 66.4 Å². The first-order valence-corrected chi connectivity index (χ1v) is 6.24. The molecule has 0 fully saturated rings. The zero-order chi connectivity index (χ0) is 14.3. The molecule has 1 amide bonds. The van der Waals surface area contributed by atoms with Gasteiger partial charge in [-0.2, -0.15) is 12.6 Å². The minimum Gasteiger partial charge on any atom is -0.480 e. The minimum atomic E-state index is -1.11. The van der Waals surface area contributed by atoms with Crippen LogP contribution in [0, 0.1) is 5.82 Å². The van der Waals surface area contributed by atoms with Gasteiger partial charge < -0.3 is 10.4 Å². The van der Waals surface area contributed by atoms with Crippen molar-refractivity contribution < 1.29 is 19.1 Å². The molecule has 1 aromatic rings. The van der Waals surface area contributed by atoms with E-state index in [2.05, 4.69) is 17.9 Å². The summed E-state index contributed by atoms with van der Waals surface area (Å²) in [5, 5.41) is 11.2. The Morgan fingerprint density at radius 3 is 2.79 bits per heavy atom. The van der Waals surface area contributed by atoms with Crippen LogP contribution in [-0.2, 0) is 9.59 Å². The number of carboxylic acids is 1.